The molecule has 0 saturated carbocycles. The number of hydrogen-bond acceptors (Lipinski definition) is 15. The van der Waals surface area contributed by atoms with Crippen molar-refractivity contribution in [1.82, 2.24) is 0 Å². The van der Waals surface area contributed by atoms with Gasteiger partial charge in [0.2, 0.25) is 0 Å². The average molecular weight is 1240 g/mol. The quantitative estimate of drug-likeness (QED) is 0.0222. The molecular weight excluding hydrogens is 1110 g/mol. The second-order valence-corrected chi connectivity index (χ2v) is 26.9. The third-order valence-corrected chi connectivity index (χ3v) is 16.9. The molecule has 0 heterocycles. The highest BCUT2D eigenvalue weighted by Crippen LogP contribution is 2.45. The molecule has 0 aromatic rings. The summed E-state index contributed by atoms with van der Waals surface area (Å²) in [6.45, 7) is 7.15. The van der Waals surface area contributed by atoms with E-state index in [-0.39, 0.29) is 25.7 Å². The summed E-state index contributed by atoms with van der Waals surface area (Å²) in [5.41, 5.74) is 0. The Kier molecular flexibility index (Phi) is 57.4. The molecule has 84 heavy (non-hydrogen) atoms. The van der Waals surface area contributed by atoms with Crippen molar-refractivity contribution in [1.29, 1.82) is 0 Å². The van der Waals surface area contributed by atoms with E-state index >= 15 is 0 Å². The van der Waals surface area contributed by atoms with Crippen molar-refractivity contribution in [2.45, 2.75) is 348 Å². The molecule has 19 heteroatoms. The first-order valence-corrected chi connectivity index (χ1v) is 37.1. The highest BCUT2D eigenvalue weighted by atomic mass is 31.2. The lowest BCUT2D eigenvalue weighted by Crippen LogP contribution is -2.30. The number of aliphatic hydroxyl groups is 1. The Morgan fingerprint density at radius 3 is 0.810 bits per heavy atom. The second-order valence-electron chi connectivity index (χ2n) is 24.0. The Morgan fingerprint density at radius 1 is 0.321 bits per heavy atom. The van der Waals surface area contributed by atoms with Crippen LogP contribution in [-0.4, -0.2) is 96.7 Å². The normalized spacial score (nSPS) is 14.2. The van der Waals surface area contributed by atoms with Crippen LogP contribution in [0.15, 0.2) is 0 Å². The maximum absolute atomic E-state index is 13.0. The van der Waals surface area contributed by atoms with Gasteiger partial charge >= 0.3 is 39.5 Å². The predicted molar refractivity (Wildman–Crippen MR) is 335 cm³/mol. The van der Waals surface area contributed by atoms with Gasteiger partial charge in [0, 0.05) is 25.7 Å². The van der Waals surface area contributed by atoms with E-state index in [9.17, 15) is 43.2 Å². The van der Waals surface area contributed by atoms with Gasteiger partial charge in [0.1, 0.15) is 19.3 Å². The molecule has 5 atom stereocenters. The van der Waals surface area contributed by atoms with Crippen molar-refractivity contribution in [2.24, 2.45) is 5.92 Å². The van der Waals surface area contributed by atoms with Gasteiger partial charge in [-0.25, -0.2) is 9.13 Å². The number of unbranched alkanes of at least 4 members (excludes halogenated alkanes) is 37. The summed E-state index contributed by atoms with van der Waals surface area (Å²) in [5, 5.41) is 10.5. The zero-order valence-corrected chi connectivity index (χ0v) is 55.8. The van der Waals surface area contributed by atoms with Crippen molar-refractivity contribution >= 4 is 39.5 Å². The van der Waals surface area contributed by atoms with Crippen LogP contribution in [0.25, 0.3) is 0 Å². The smallest absolute Gasteiger partial charge is 0.462 e. The molecule has 0 bridgehead atoms. The summed E-state index contributed by atoms with van der Waals surface area (Å²) in [4.78, 5) is 72.0. The second kappa shape index (κ2) is 58.7. The van der Waals surface area contributed by atoms with Gasteiger partial charge in [-0.2, -0.15) is 0 Å². The first-order valence-electron chi connectivity index (χ1n) is 34.1. The fourth-order valence-electron chi connectivity index (χ4n) is 9.76. The molecule has 0 rings (SSSR count). The number of phosphoric acid groups is 2. The lowest BCUT2D eigenvalue weighted by Gasteiger charge is -2.21. The van der Waals surface area contributed by atoms with Crippen LogP contribution in [0.4, 0.5) is 0 Å². The van der Waals surface area contributed by atoms with Gasteiger partial charge in [-0.1, -0.05) is 279 Å². The molecule has 2 unspecified atom stereocenters. The number of ether oxygens (including phenoxy) is 4. The van der Waals surface area contributed by atoms with Crippen molar-refractivity contribution < 1.29 is 80.2 Å². The number of phosphoric ester groups is 2. The molecule has 0 radical (unpaired) electrons. The minimum absolute atomic E-state index is 0.104. The van der Waals surface area contributed by atoms with Gasteiger partial charge in [-0.15, -0.1) is 0 Å². The zero-order chi connectivity index (χ0) is 62.0. The van der Waals surface area contributed by atoms with E-state index in [0.29, 0.717) is 25.7 Å². The minimum Gasteiger partial charge on any atom is -0.462 e. The van der Waals surface area contributed by atoms with Gasteiger partial charge in [0.15, 0.2) is 12.2 Å². The molecule has 0 aliphatic rings. The van der Waals surface area contributed by atoms with E-state index in [0.717, 1.165) is 121 Å². The van der Waals surface area contributed by atoms with Crippen LogP contribution in [0.3, 0.4) is 0 Å². The topological polar surface area (TPSA) is 237 Å². The number of carbonyl (C=O) groups excluding carboxylic acids is 4. The van der Waals surface area contributed by atoms with Crippen LogP contribution in [0, 0.1) is 5.92 Å². The molecule has 0 saturated heterocycles. The molecule has 0 amide bonds. The SMILES string of the molecule is CCCCCCCCCCCCCC(=O)OC[C@H](COP(=O)(O)OC[C@@H](O)COP(=O)(O)OC[C@@H](COC(=O)CCCCCCCCC)OC(=O)CCCCCCCCC)OC(=O)CCCCCCCCCCCCCCCCCCC(C)C. The summed E-state index contributed by atoms with van der Waals surface area (Å²) in [6.07, 6.45) is 43.4. The van der Waals surface area contributed by atoms with E-state index < -0.39 is 97.5 Å². The van der Waals surface area contributed by atoms with E-state index in [2.05, 4.69) is 34.6 Å². The summed E-state index contributed by atoms with van der Waals surface area (Å²) >= 11 is 0. The lowest BCUT2D eigenvalue weighted by atomic mass is 10.0. The zero-order valence-electron chi connectivity index (χ0n) is 54.0. The molecule has 498 valence electrons. The summed E-state index contributed by atoms with van der Waals surface area (Å²) in [6, 6.07) is 0. The number of hydrogen-bond donors (Lipinski definition) is 3. The maximum Gasteiger partial charge on any atom is 0.472 e. The molecule has 0 fully saturated rings. The molecule has 0 aromatic heterocycles. The van der Waals surface area contributed by atoms with Crippen LogP contribution in [0.1, 0.15) is 330 Å². The fraction of sp³-hybridized carbons (Fsp3) is 0.938. The molecular formula is C65H126O17P2. The molecule has 0 spiro atoms. The standard InChI is InChI=1S/C65H126O17P2/c1-6-9-12-15-18-19-26-30-35-39-44-49-63(68)76-55-61(82-65(70)51-46-41-36-31-28-25-23-21-20-22-24-27-29-34-37-42-47-58(4)5)57-80-84(73,74)78-53-59(66)52-77-83(71,72)79-56-60(81-64(69)50-45-40-33-17-14-11-8-3)54-75-62(67)48-43-38-32-16-13-10-7-2/h58-61,66H,6-57H2,1-5H3,(H,71,72)(H,73,74)/t59-,60+,61+/m0/s1. The average Bonchev–Trinajstić information content (AvgIpc) is 3.51. The minimum atomic E-state index is -4.94. The van der Waals surface area contributed by atoms with Crippen molar-refractivity contribution in [3.05, 3.63) is 0 Å². The van der Waals surface area contributed by atoms with Gasteiger partial charge in [-0.05, 0) is 31.6 Å². The lowest BCUT2D eigenvalue weighted by molar-refractivity contribution is -0.161. The van der Waals surface area contributed by atoms with E-state index in [1.54, 1.807) is 0 Å². The predicted octanol–water partition coefficient (Wildman–Crippen LogP) is 18.2. The number of rotatable bonds is 65. The highest BCUT2D eigenvalue weighted by molar-refractivity contribution is 7.47. The van der Waals surface area contributed by atoms with Crippen molar-refractivity contribution in [2.75, 3.05) is 39.6 Å². The van der Waals surface area contributed by atoms with Crippen LogP contribution in [-0.2, 0) is 65.4 Å². The maximum atomic E-state index is 13.0. The van der Waals surface area contributed by atoms with Gasteiger partial charge in [0.05, 0.1) is 26.4 Å². The van der Waals surface area contributed by atoms with E-state index in [1.165, 1.54) is 128 Å². The third-order valence-electron chi connectivity index (χ3n) is 15.0. The summed E-state index contributed by atoms with van der Waals surface area (Å²) < 4.78 is 67.8. The largest absolute Gasteiger partial charge is 0.472 e. The Balaban J connectivity index is 5.12. The third kappa shape index (κ3) is 59.0. The van der Waals surface area contributed by atoms with Crippen molar-refractivity contribution in [3.63, 3.8) is 0 Å². The molecule has 17 nitrogen and oxygen atoms in total. The van der Waals surface area contributed by atoms with Crippen LogP contribution < -0.4 is 0 Å². The Labute approximate surface area is 511 Å². The Hall–Kier alpha value is -1.94. The van der Waals surface area contributed by atoms with Gasteiger partial charge < -0.3 is 33.8 Å². The Morgan fingerprint density at radius 2 is 0.548 bits per heavy atom. The highest BCUT2D eigenvalue weighted by Gasteiger charge is 2.30. The molecule has 0 aromatic carbocycles. The monoisotopic (exact) mass is 1240 g/mol. The summed E-state index contributed by atoms with van der Waals surface area (Å²) in [5.74, 6) is -1.33. The van der Waals surface area contributed by atoms with Gasteiger partial charge in [0.25, 0.3) is 0 Å². The Bertz CT molecular complexity index is 1640. The number of aliphatic hydroxyl groups excluding tert-OH is 1. The van der Waals surface area contributed by atoms with Crippen LogP contribution >= 0.6 is 15.6 Å². The van der Waals surface area contributed by atoms with Crippen molar-refractivity contribution in [3.8, 4) is 0 Å². The van der Waals surface area contributed by atoms with Gasteiger partial charge in [-0.3, -0.25) is 37.3 Å². The van der Waals surface area contributed by atoms with Crippen LogP contribution in [0.2, 0.25) is 0 Å². The molecule has 3 N–H and O–H groups in total. The first-order chi connectivity index (χ1) is 40.5. The first kappa shape index (κ1) is 82.1. The van der Waals surface area contributed by atoms with E-state index in [1.807, 2.05) is 0 Å². The number of carbonyl (C=O) groups is 4. The fourth-order valence-corrected chi connectivity index (χ4v) is 11.3. The molecule has 0 aliphatic carbocycles. The molecule has 0 aliphatic heterocycles. The summed E-state index contributed by atoms with van der Waals surface area (Å²) in [7, 11) is -9.88. The van der Waals surface area contributed by atoms with E-state index in [4.69, 9.17) is 37.0 Å². The number of esters is 4. The van der Waals surface area contributed by atoms with Crippen LogP contribution in [0.5, 0.6) is 0 Å².